The number of anilines is 1. The lowest BCUT2D eigenvalue weighted by Crippen LogP contribution is -2.51. The van der Waals surface area contributed by atoms with Gasteiger partial charge in [0.15, 0.2) is 0 Å². The summed E-state index contributed by atoms with van der Waals surface area (Å²) in [5.74, 6) is -0.0365. The van der Waals surface area contributed by atoms with E-state index in [1.54, 1.807) is 18.2 Å². The summed E-state index contributed by atoms with van der Waals surface area (Å²) < 4.78 is 0. The summed E-state index contributed by atoms with van der Waals surface area (Å²) in [6.45, 7) is 4.62. The summed E-state index contributed by atoms with van der Waals surface area (Å²) in [6.07, 6.45) is 2.53. The molecule has 0 aromatic heterocycles. The van der Waals surface area contributed by atoms with Gasteiger partial charge in [-0.25, -0.2) is 0 Å². The lowest BCUT2D eigenvalue weighted by molar-refractivity contribution is -0.117. The van der Waals surface area contributed by atoms with Gasteiger partial charge >= 0.3 is 0 Å². The van der Waals surface area contributed by atoms with Crippen LogP contribution < -0.4 is 5.32 Å². The van der Waals surface area contributed by atoms with E-state index >= 15 is 0 Å². The van der Waals surface area contributed by atoms with Crippen LogP contribution in [0, 0.1) is 0 Å². The highest BCUT2D eigenvalue weighted by atomic mass is 35.5. The van der Waals surface area contributed by atoms with Crippen LogP contribution in [0.25, 0.3) is 0 Å². The first-order valence-corrected chi connectivity index (χ1v) is 8.09. The fraction of sp³-hybridized carbons (Fsp3) is 0.533. The zero-order valence-corrected chi connectivity index (χ0v) is 13.3. The molecule has 1 aromatic carbocycles. The van der Waals surface area contributed by atoms with Crippen molar-refractivity contribution in [2.24, 2.45) is 0 Å². The van der Waals surface area contributed by atoms with Crippen LogP contribution >= 0.6 is 23.2 Å². The molecule has 2 saturated heterocycles. The summed E-state index contributed by atoms with van der Waals surface area (Å²) in [6, 6.07) is 5.88. The maximum absolute atomic E-state index is 12.2. The number of carbonyl (C=O) groups is 1. The quantitative estimate of drug-likeness (QED) is 0.927. The molecular formula is C15H19Cl2N3O. The number of carbonyl (C=O) groups excluding carboxylic acids is 1. The molecular weight excluding hydrogens is 309 g/mol. The van der Waals surface area contributed by atoms with E-state index in [1.807, 2.05) is 0 Å². The Morgan fingerprint density at radius 3 is 3.00 bits per heavy atom. The zero-order valence-electron chi connectivity index (χ0n) is 11.8. The molecule has 0 radical (unpaired) electrons. The molecule has 6 heteroatoms. The molecule has 0 bridgehead atoms. The van der Waals surface area contributed by atoms with Gasteiger partial charge in [-0.15, -0.1) is 0 Å². The number of amides is 1. The Morgan fingerprint density at radius 1 is 1.29 bits per heavy atom. The molecule has 0 aliphatic carbocycles. The summed E-state index contributed by atoms with van der Waals surface area (Å²) in [7, 11) is 0. The number of fused-ring (bicyclic) bond motifs is 1. The Balaban J connectivity index is 1.55. The highest BCUT2D eigenvalue weighted by Gasteiger charge is 2.31. The second-order valence-electron chi connectivity index (χ2n) is 5.72. The molecule has 2 heterocycles. The van der Waals surface area contributed by atoms with Gasteiger partial charge in [-0.1, -0.05) is 29.3 Å². The van der Waals surface area contributed by atoms with Crippen LogP contribution in [0.15, 0.2) is 18.2 Å². The van der Waals surface area contributed by atoms with Crippen molar-refractivity contribution >= 4 is 34.8 Å². The van der Waals surface area contributed by atoms with Gasteiger partial charge in [0.2, 0.25) is 5.91 Å². The molecule has 1 N–H and O–H groups in total. The monoisotopic (exact) mass is 327 g/mol. The molecule has 4 nitrogen and oxygen atoms in total. The highest BCUT2D eigenvalue weighted by molar-refractivity contribution is 6.43. The van der Waals surface area contributed by atoms with Gasteiger partial charge in [0, 0.05) is 25.7 Å². The molecule has 2 fully saturated rings. The maximum atomic E-state index is 12.2. The van der Waals surface area contributed by atoms with Gasteiger partial charge in [-0.3, -0.25) is 14.6 Å². The molecule has 1 atom stereocenters. The molecule has 1 aromatic rings. The smallest absolute Gasteiger partial charge is 0.238 e. The van der Waals surface area contributed by atoms with Crippen LogP contribution in [0.2, 0.25) is 10.0 Å². The Bertz CT molecular complexity index is 538. The number of rotatable bonds is 3. The standard InChI is InChI=1S/C15H19Cl2N3O/c16-12-4-1-5-13(15(12)17)18-14(21)10-19-7-8-20-6-2-3-11(20)9-19/h1,4-5,11H,2-3,6-10H2,(H,18,21). The molecule has 3 rings (SSSR count). The summed E-state index contributed by atoms with van der Waals surface area (Å²) >= 11 is 12.0. The van der Waals surface area contributed by atoms with E-state index in [0.29, 0.717) is 28.3 Å². The maximum Gasteiger partial charge on any atom is 0.238 e. The fourth-order valence-electron chi connectivity index (χ4n) is 3.19. The van der Waals surface area contributed by atoms with Gasteiger partial charge in [0.25, 0.3) is 0 Å². The second-order valence-corrected chi connectivity index (χ2v) is 6.50. The third-order valence-electron chi connectivity index (χ3n) is 4.26. The van der Waals surface area contributed by atoms with E-state index < -0.39 is 0 Å². The topological polar surface area (TPSA) is 35.6 Å². The third kappa shape index (κ3) is 3.51. The van der Waals surface area contributed by atoms with E-state index in [-0.39, 0.29) is 5.91 Å². The van der Waals surface area contributed by atoms with Crippen molar-refractivity contribution in [2.75, 3.05) is 38.0 Å². The largest absolute Gasteiger partial charge is 0.324 e. The number of nitrogens with zero attached hydrogens (tertiary/aromatic N) is 2. The summed E-state index contributed by atoms with van der Waals surface area (Å²) in [5, 5.41) is 3.70. The molecule has 1 amide bonds. The third-order valence-corrected chi connectivity index (χ3v) is 5.08. The van der Waals surface area contributed by atoms with E-state index in [9.17, 15) is 4.79 Å². The summed E-state index contributed by atoms with van der Waals surface area (Å²) in [4.78, 5) is 16.9. The van der Waals surface area contributed by atoms with Crippen molar-refractivity contribution in [3.8, 4) is 0 Å². The minimum atomic E-state index is -0.0365. The SMILES string of the molecule is O=C(CN1CCN2CCCC2C1)Nc1cccc(Cl)c1Cl. The van der Waals surface area contributed by atoms with Crippen LogP contribution in [0.1, 0.15) is 12.8 Å². The van der Waals surface area contributed by atoms with Crippen molar-refractivity contribution in [1.29, 1.82) is 0 Å². The predicted octanol–water partition coefficient (Wildman–Crippen LogP) is 2.71. The zero-order chi connectivity index (χ0) is 14.8. The van der Waals surface area contributed by atoms with E-state index in [4.69, 9.17) is 23.2 Å². The number of hydrogen-bond donors (Lipinski definition) is 1. The first-order valence-electron chi connectivity index (χ1n) is 7.34. The Hall–Kier alpha value is -0.810. The van der Waals surface area contributed by atoms with Crippen LogP contribution in [-0.2, 0) is 4.79 Å². The summed E-state index contributed by atoms with van der Waals surface area (Å²) in [5.41, 5.74) is 0.577. The minimum Gasteiger partial charge on any atom is -0.324 e. The first kappa shape index (κ1) is 15.1. The van der Waals surface area contributed by atoms with Crippen LogP contribution in [0.4, 0.5) is 5.69 Å². The van der Waals surface area contributed by atoms with Gasteiger partial charge in [-0.05, 0) is 31.5 Å². The molecule has 1 unspecified atom stereocenters. The Labute approximate surface area is 135 Å². The van der Waals surface area contributed by atoms with Crippen molar-refractivity contribution in [3.05, 3.63) is 28.2 Å². The molecule has 21 heavy (non-hydrogen) atoms. The minimum absolute atomic E-state index is 0.0365. The van der Waals surface area contributed by atoms with Crippen molar-refractivity contribution in [2.45, 2.75) is 18.9 Å². The van der Waals surface area contributed by atoms with Gasteiger partial charge in [-0.2, -0.15) is 0 Å². The van der Waals surface area contributed by atoms with Crippen LogP contribution in [0.3, 0.4) is 0 Å². The molecule has 2 aliphatic rings. The Kier molecular flexibility index (Phi) is 4.69. The molecule has 0 saturated carbocycles. The second kappa shape index (κ2) is 6.53. The highest BCUT2D eigenvalue weighted by Crippen LogP contribution is 2.29. The van der Waals surface area contributed by atoms with E-state index in [1.165, 1.54) is 19.4 Å². The Morgan fingerprint density at radius 2 is 2.14 bits per heavy atom. The average Bonchev–Trinajstić information content (AvgIpc) is 2.91. The number of nitrogens with one attached hydrogen (secondary N) is 1. The van der Waals surface area contributed by atoms with Gasteiger partial charge < -0.3 is 5.32 Å². The number of benzene rings is 1. The average molecular weight is 328 g/mol. The van der Waals surface area contributed by atoms with Crippen molar-refractivity contribution in [1.82, 2.24) is 9.80 Å². The normalized spacial score (nSPS) is 23.0. The van der Waals surface area contributed by atoms with Crippen molar-refractivity contribution < 1.29 is 4.79 Å². The van der Waals surface area contributed by atoms with E-state index in [0.717, 1.165) is 19.6 Å². The number of piperazine rings is 1. The first-order chi connectivity index (χ1) is 10.1. The predicted molar refractivity (Wildman–Crippen MR) is 86.1 cm³/mol. The lowest BCUT2D eigenvalue weighted by atomic mass is 10.1. The van der Waals surface area contributed by atoms with E-state index in [2.05, 4.69) is 15.1 Å². The van der Waals surface area contributed by atoms with Gasteiger partial charge in [0.1, 0.15) is 0 Å². The molecule has 114 valence electrons. The van der Waals surface area contributed by atoms with Crippen molar-refractivity contribution in [3.63, 3.8) is 0 Å². The number of hydrogen-bond acceptors (Lipinski definition) is 3. The van der Waals surface area contributed by atoms with Crippen LogP contribution in [0.5, 0.6) is 0 Å². The molecule has 2 aliphatic heterocycles. The fourth-order valence-corrected chi connectivity index (χ4v) is 3.54. The lowest BCUT2D eigenvalue weighted by Gasteiger charge is -2.37. The van der Waals surface area contributed by atoms with Crippen LogP contribution in [-0.4, -0.2) is 54.5 Å². The van der Waals surface area contributed by atoms with Gasteiger partial charge in [0.05, 0.1) is 22.3 Å². The number of halogens is 2. The molecule has 0 spiro atoms.